The lowest BCUT2D eigenvalue weighted by atomic mass is 10.3. The molecule has 66 valence electrons. The largest absolute Gasteiger partial charge is 0.384 e. The minimum absolute atomic E-state index is 0.277. The van der Waals surface area contributed by atoms with Crippen LogP contribution in [0, 0.1) is 0 Å². The topological polar surface area (TPSA) is 73.8 Å². The fourth-order valence-corrected chi connectivity index (χ4v) is 1.16. The lowest BCUT2D eigenvalue weighted by Gasteiger charge is -2.02. The van der Waals surface area contributed by atoms with Crippen molar-refractivity contribution >= 4 is 16.9 Å². The normalized spacial score (nSPS) is 10.5. The number of nitrogens with two attached hydrogens (primary N) is 1. The van der Waals surface area contributed by atoms with E-state index in [4.69, 9.17) is 5.73 Å². The molecule has 0 amide bonds. The molecule has 0 bridgehead atoms. The molecule has 2 rings (SSSR count). The Morgan fingerprint density at radius 1 is 1.46 bits per heavy atom. The van der Waals surface area contributed by atoms with Crippen LogP contribution in [0.25, 0.3) is 11.0 Å². The molecule has 13 heavy (non-hydrogen) atoms. The Labute approximate surface area is 73.8 Å². The molecule has 2 aromatic rings. The predicted octanol–water partition coefficient (Wildman–Crippen LogP) is -0.0893. The van der Waals surface area contributed by atoms with E-state index in [2.05, 4.69) is 9.97 Å². The second kappa shape index (κ2) is 2.55. The zero-order valence-electron chi connectivity index (χ0n) is 7.06. The van der Waals surface area contributed by atoms with Gasteiger partial charge in [0, 0.05) is 7.05 Å². The molecule has 0 fully saturated rings. The third-order valence-corrected chi connectivity index (χ3v) is 1.81. The molecule has 0 aliphatic rings. The van der Waals surface area contributed by atoms with E-state index >= 15 is 0 Å². The molecule has 2 aromatic heterocycles. The van der Waals surface area contributed by atoms with Crippen molar-refractivity contribution in [2.75, 3.05) is 5.73 Å². The minimum Gasteiger partial charge on any atom is -0.384 e. The van der Waals surface area contributed by atoms with Crippen LogP contribution in [0.4, 0.5) is 5.82 Å². The molecule has 0 aromatic carbocycles. The third-order valence-electron chi connectivity index (χ3n) is 1.81. The van der Waals surface area contributed by atoms with Gasteiger partial charge in [0.15, 0.2) is 0 Å². The third kappa shape index (κ3) is 1.14. The van der Waals surface area contributed by atoms with Crippen LogP contribution in [-0.4, -0.2) is 14.5 Å². The quantitative estimate of drug-likeness (QED) is 0.608. The average molecular weight is 176 g/mol. The number of hydrogen-bond donors (Lipinski definition) is 1. The highest BCUT2D eigenvalue weighted by molar-refractivity contribution is 5.75. The molecule has 0 unspecified atom stereocenters. The number of hydrogen-bond acceptors (Lipinski definition) is 4. The number of aromatic nitrogens is 3. The van der Waals surface area contributed by atoms with E-state index in [-0.39, 0.29) is 5.56 Å². The van der Waals surface area contributed by atoms with Crippen LogP contribution in [0.3, 0.4) is 0 Å². The molecule has 0 saturated carbocycles. The highest BCUT2D eigenvalue weighted by Crippen LogP contribution is 2.06. The number of aryl methyl sites for hydroxylation is 1. The Morgan fingerprint density at radius 3 is 3.00 bits per heavy atom. The minimum atomic E-state index is -0.277. The molecular formula is C8H8N4O. The van der Waals surface area contributed by atoms with Crippen molar-refractivity contribution in [1.29, 1.82) is 0 Å². The van der Waals surface area contributed by atoms with Gasteiger partial charge in [-0.25, -0.2) is 4.98 Å². The molecule has 0 atom stereocenters. The standard InChI is InChI=1S/C8H8N4O/c1-12-4-10-8(13)5-2-3-6(9)11-7(5)12/h2-4H,1H3,(H2,9,11). The van der Waals surface area contributed by atoms with Crippen LogP contribution in [0.2, 0.25) is 0 Å². The first-order valence-corrected chi connectivity index (χ1v) is 3.76. The summed E-state index contributed by atoms with van der Waals surface area (Å²) in [5.41, 5.74) is 5.77. The highest BCUT2D eigenvalue weighted by Gasteiger charge is 2.02. The summed E-state index contributed by atoms with van der Waals surface area (Å²) in [4.78, 5) is 18.9. The van der Waals surface area contributed by atoms with Crippen molar-refractivity contribution in [1.82, 2.24) is 14.5 Å². The zero-order valence-corrected chi connectivity index (χ0v) is 7.06. The molecule has 0 saturated heterocycles. The monoisotopic (exact) mass is 176 g/mol. The molecular weight excluding hydrogens is 168 g/mol. The first kappa shape index (κ1) is 7.72. The summed E-state index contributed by atoms with van der Waals surface area (Å²) in [6.45, 7) is 0. The van der Waals surface area contributed by atoms with Crippen LogP contribution in [0.5, 0.6) is 0 Å². The van der Waals surface area contributed by atoms with Gasteiger partial charge in [0.25, 0.3) is 5.56 Å². The summed E-state index contributed by atoms with van der Waals surface area (Å²) in [5.74, 6) is 0.397. The van der Waals surface area contributed by atoms with E-state index in [9.17, 15) is 4.79 Å². The molecule has 0 radical (unpaired) electrons. The van der Waals surface area contributed by atoms with Gasteiger partial charge in [-0.05, 0) is 12.1 Å². The number of pyridine rings is 1. The van der Waals surface area contributed by atoms with Crippen molar-refractivity contribution in [3.63, 3.8) is 0 Å². The van der Waals surface area contributed by atoms with E-state index in [1.807, 2.05) is 0 Å². The van der Waals surface area contributed by atoms with Crippen LogP contribution < -0.4 is 11.3 Å². The maximum absolute atomic E-state index is 11.2. The van der Waals surface area contributed by atoms with Crippen molar-refractivity contribution in [2.24, 2.45) is 7.05 Å². The van der Waals surface area contributed by atoms with E-state index in [1.165, 1.54) is 6.33 Å². The van der Waals surface area contributed by atoms with Gasteiger partial charge in [-0.15, -0.1) is 0 Å². The fourth-order valence-electron chi connectivity index (χ4n) is 1.16. The molecule has 0 aliphatic heterocycles. The molecule has 5 heteroatoms. The second-order valence-electron chi connectivity index (χ2n) is 2.77. The summed E-state index contributed by atoms with van der Waals surface area (Å²) >= 11 is 0. The smallest absolute Gasteiger partial charge is 0.282 e. The maximum atomic E-state index is 11.2. The van der Waals surface area contributed by atoms with E-state index in [0.29, 0.717) is 16.9 Å². The van der Waals surface area contributed by atoms with Crippen molar-refractivity contribution in [2.45, 2.75) is 0 Å². The SMILES string of the molecule is Cn1cnc(=O)c2ccc(N)nc21. The zero-order chi connectivity index (χ0) is 9.42. The van der Waals surface area contributed by atoms with Gasteiger partial charge >= 0.3 is 0 Å². The molecule has 0 spiro atoms. The van der Waals surface area contributed by atoms with Crippen LogP contribution in [0.15, 0.2) is 23.3 Å². The van der Waals surface area contributed by atoms with Gasteiger partial charge in [-0.2, -0.15) is 4.98 Å². The van der Waals surface area contributed by atoms with Gasteiger partial charge in [0.1, 0.15) is 17.8 Å². The number of nitrogen functional groups attached to an aromatic ring is 1. The number of fused-ring (bicyclic) bond motifs is 1. The Morgan fingerprint density at radius 2 is 2.23 bits per heavy atom. The van der Waals surface area contributed by atoms with Crippen molar-refractivity contribution in [3.05, 3.63) is 28.8 Å². The molecule has 0 aliphatic carbocycles. The van der Waals surface area contributed by atoms with Crippen LogP contribution >= 0.6 is 0 Å². The summed E-state index contributed by atoms with van der Waals surface area (Å²) in [6, 6.07) is 3.22. The summed E-state index contributed by atoms with van der Waals surface area (Å²) in [6.07, 6.45) is 1.43. The average Bonchev–Trinajstić information content (AvgIpc) is 2.12. The molecule has 2 heterocycles. The number of anilines is 1. The van der Waals surface area contributed by atoms with E-state index in [1.54, 1.807) is 23.7 Å². The van der Waals surface area contributed by atoms with E-state index < -0.39 is 0 Å². The van der Waals surface area contributed by atoms with Gasteiger partial charge in [-0.1, -0.05) is 0 Å². The molecule has 2 N–H and O–H groups in total. The predicted molar refractivity (Wildman–Crippen MR) is 49.2 cm³/mol. The Balaban J connectivity index is 3.01. The van der Waals surface area contributed by atoms with Crippen molar-refractivity contribution < 1.29 is 0 Å². The van der Waals surface area contributed by atoms with Gasteiger partial charge in [0.05, 0.1) is 5.39 Å². The summed E-state index contributed by atoms with van der Waals surface area (Å²) in [5, 5.41) is 0.485. The maximum Gasteiger partial charge on any atom is 0.282 e. The van der Waals surface area contributed by atoms with Gasteiger partial charge in [-0.3, -0.25) is 4.79 Å². The summed E-state index contributed by atoms with van der Waals surface area (Å²) < 4.78 is 1.66. The Bertz CT molecular complexity index is 517. The van der Waals surface area contributed by atoms with Gasteiger partial charge < -0.3 is 10.3 Å². The Kier molecular flexibility index (Phi) is 1.51. The highest BCUT2D eigenvalue weighted by atomic mass is 16.1. The van der Waals surface area contributed by atoms with Crippen LogP contribution in [0.1, 0.15) is 0 Å². The fraction of sp³-hybridized carbons (Fsp3) is 0.125. The summed E-state index contributed by atoms with van der Waals surface area (Å²) in [7, 11) is 1.77. The Hall–Kier alpha value is -1.91. The lowest BCUT2D eigenvalue weighted by molar-refractivity contribution is 0.884. The number of nitrogens with zero attached hydrogens (tertiary/aromatic N) is 3. The van der Waals surface area contributed by atoms with Gasteiger partial charge in [0.2, 0.25) is 0 Å². The van der Waals surface area contributed by atoms with E-state index in [0.717, 1.165) is 0 Å². The first-order valence-electron chi connectivity index (χ1n) is 3.76. The molecule has 5 nitrogen and oxygen atoms in total. The number of rotatable bonds is 0. The lowest BCUT2D eigenvalue weighted by Crippen LogP contribution is -2.11. The second-order valence-corrected chi connectivity index (χ2v) is 2.77. The first-order chi connectivity index (χ1) is 6.18. The van der Waals surface area contributed by atoms with Crippen molar-refractivity contribution in [3.8, 4) is 0 Å². The van der Waals surface area contributed by atoms with Crippen LogP contribution in [-0.2, 0) is 7.05 Å².